The van der Waals surface area contributed by atoms with Gasteiger partial charge in [0, 0.05) is 11.6 Å². The average Bonchev–Trinajstić information content (AvgIpc) is 3.04. The number of nitrogens with zero attached hydrogens (tertiary/aromatic N) is 4. The van der Waals surface area contributed by atoms with E-state index in [4.69, 9.17) is 0 Å². The van der Waals surface area contributed by atoms with Crippen LogP contribution in [0.1, 0.15) is 18.4 Å². The van der Waals surface area contributed by atoms with Crippen LogP contribution in [-0.4, -0.2) is 39.2 Å². The number of carbonyl (C=O) groups excluding carboxylic acids is 1. The van der Waals surface area contributed by atoms with Gasteiger partial charge < -0.3 is 10.6 Å². The average molecular weight is 286 g/mol. The summed E-state index contributed by atoms with van der Waals surface area (Å²) in [5.41, 5.74) is 2.66. The molecule has 0 aliphatic carbocycles. The number of benzene rings is 1. The first-order valence-electron chi connectivity index (χ1n) is 7.09. The summed E-state index contributed by atoms with van der Waals surface area (Å²) in [6, 6.07) is 5.77. The van der Waals surface area contributed by atoms with Crippen LogP contribution in [0.25, 0.3) is 5.69 Å². The van der Waals surface area contributed by atoms with Crippen LogP contribution in [0, 0.1) is 12.8 Å². The molecule has 1 fully saturated rings. The number of tetrazole rings is 1. The molecule has 0 unspecified atom stereocenters. The molecule has 0 bridgehead atoms. The summed E-state index contributed by atoms with van der Waals surface area (Å²) in [7, 11) is 0. The monoisotopic (exact) mass is 286 g/mol. The molecular weight excluding hydrogens is 268 g/mol. The fourth-order valence-corrected chi connectivity index (χ4v) is 2.49. The molecule has 1 aliphatic rings. The van der Waals surface area contributed by atoms with Crippen molar-refractivity contribution in [1.82, 2.24) is 25.5 Å². The summed E-state index contributed by atoms with van der Waals surface area (Å²) in [6.45, 7) is 3.78. The molecule has 2 N–H and O–H groups in total. The van der Waals surface area contributed by atoms with Gasteiger partial charge in [-0.2, -0.15) is 0 Å². The van der Waals surface area contributed by atoms with E-state index in [1.165, 1.54) is 6.33 Å². The van der Waals surface area contributed by atoms with Crippen molar-refractivity contribution >= 4 is 11.6 Å². The van der Waals surface area contributed by atoms with Gasteiger partial charge >= 0.3 is 0 Å². The zero-order valence-electron chi connectivity index (χ0n) is 11.9. The minimum absolute atomic E-state index is 0.0855. The fraction of sp³-hybridized carbons (Fsp3) is 0.429. The molecule has 1 amide bonds. The van der Waals surface area contributed by atoms with Crippen molar-refractivity contribution in [3.8, 4) is 5.69 Å². The molecule has 3 rings (SSSR count). The van der Waals surface area contributed by atoms with Gasteiger partial charge in [0.15, 0.2) is 0 Å². The number of aromatic nitrogens is 4. The molecule has 1 aromatic carbocycles. The van der Waals surface area contributed by atoms with Gasteiger partial charge in [-0.1, -0.05) is 6.07 Å². The Balaban J connectivity index is 1.78. The standard InChI is InChI=1S/C14H18N6O/c1-10-2-3-12(20-9-16-18-19-20)8-13(10)17-14(21)11-4-6-15-7-5-11/h2-3,8-9,11,15H,4-7H2,1H3,(H,17,21). The van der Waals surface area contributed by atoms with E-state index in [1.807, 2.05) is 25.1 Å². The maximum absolute atomic E-state index is 12.3. The van der Waals surface area contributed by atoms with E-state index in [2.05, 4.69) is 26.2 Å². The minimum Gasteiger partial charge on any atom is -0.326 e. The number of aryl methyl sites for hydroxylation is 1. The third-order valence-electron chi connectivity index (χ3n) is 3.80. The molecule has 110 valence electrons. The fourth-order valence-electron chi connectivity index (χ4n) is 2.49. The van der Waals surface area contributed by atoms with Crippen molar-refractivity contribution < 1.29 is 4.79 Å². The lowest BCUT2D eigenvalue weighted by Gasteiger charge is -2.22. The number of piperidine rings is 1. The molecule has 21 heavy (non-hydrogen) atoms. The zero-order chi connectivity index (χ0) is 14.7. The van der Waals surface area contributed by atoms with Crippen LogP contribution in [0.2, 0.25) is 0 Å². The number of hydrogen-bond donors (Lipinski definition) is 2. The van der Waals surface area contributed by atoms with Crippen LogP contribution in [0.4, 0.5) is 5.69 Å². The van der Waals surface area contributed by atoms with Gasteiger partial charge in [-0.05, 0) is 61.0 Å². The first-order chi connectivity index (χ1) is 10.2. The lowest BCUT2D eigenvalue weighted by Crippen LogP contribution is -2.34. The van der Waals surface area contributed by atoms with E-state index in [0.717, 1.165) is 42.9 Å². The smallest absolute Gasteiger partial charge is 0.227 e. The van der Waals surface area contributed by atoms with Gasteiger partial charge in [-0.3, -0.25) is 4.79 Å². The number of carbonyl (C=O) groups is 1. The highest BCUT2D eigenvalue weighted by atomic mass is 16.1. The molecule has 1 saturated heterocycles. The van der Waals surface area contributed by atoms with E-state index < -0.39 is 0 Å². The second-order valence-electron chi connectivity index (χ2n) is 5.27. The number of hydrogen-bond acceptors (Lipinski definition) is 5. The topological polar surface area (TPSA) is 84.7 Å². The maximum atomic E-state index is 12.3. The van der Waals surface area contributed by atoms with Gasteiger partial charge in [0.25, 0.3) is 0 Å². The molecule has 0 radical (unpaired) electrons. The van der Waals surface area contributed by atoms with Gasteiger partial charge in [-0.25, -0.2) is 4.68 Å². The van der Waals surface area contributed by atoms with E-state index in [9.17, 15) is 4.79 Å². The van der Waals surface area contributed by atoms with Gasteiger partial charge in [-0.15, -0.1) is 5.10 Å². The molecule has 0 spiro atoms. The predicted molar refractivity (Wildman–Crippen MR) is 78.1 cm³/mol. The molecule has 1 aliphatic heterocycles. The van der Waals surface area contributed by atoms with Crippen LogP contribution >= 0.6 is 0 Å². The van der Waals surface area contributed by atoms with Crippen LogP contribution in [-0.2, 0) is 4.79 Å². The highest BCUT2D eigenvalue weighted by Gasteiger charge is 2.21. The SMILES string of the molecule is Cc1ccc(-n2cnnn2)cc1NC(=O)C1CCNCC1. The molecule has 2 aromatic rings. The largest absolute Gasteiger partial charge is 0.326 e. The number of nitrogens with one attached hydrogen (secondary N) is 2. The van der Waals surface area contributed by atoms with E-state index in [1.54, 1.807) is 4.68 Å². The lowest BCUT2D eigenvalue weighted by molar-refractivity contribution is -0.120. The second kappa shape index (κ2) is 6.01. The summed E-state index contributed by atoms with van der Waals surface area (Å²) in [5, 5.41) is 17.4. The Morgan fingerprint density at radius 1 is 1.38 bits per heavy atom. The molecule has 7 heteroatoms. The third kappa shape index (κ3) is 3.08. The van der Waals surface area contributed by atoms with E-state index in [0.29, 0.717) is 0 Å². The zero-order valence-corrected chi connectivity index (χ0v) is 11.9. The van der Waals surface area contributed by atoms with Crippen molar-refractivity contribution in [2.24, 2.45) is 5.92 Å². The molecule has 0 saturated carbocycles. The Kier molecular flexibility index (Phi) is 3.92. The Labute approximate surface area is 122 Å². The summed E-state index contributed by atoms with van der Waals surface area (Å²) in [5.74, 6) is 0.177. The normalized spacial score (nSPS) is 15.9. The summed E-state index contributed by atoms with van der Waals surface area (Å²) >= 11 is 0. The highest BCUT2D eigenvalue weighted by Crippen LogP contribution is 2.21. The molecule has 7 nitrogen and oxygen atoms in total. The molecule has 1 aromatic heterocycles. The van der Waals surface area contributed by atoms with Crippen molar-refractivity contribution in [3.05, 3.63) is 30.1 Å². The highest BCUT2D eigenvalue weighted by molar-refractivity contribution is 5.93. The van der Waals surface area contributed by atoms with Crippen molar-refractivity contribution in [2.45, 2.75) is 19.8 Å². The molecule has 0 atom stereocenters. The van der Waals surface area contributed by atoms with Gasteiger partial charge in [0.1, 0.15) is 6.33 Å². The second-order valence-corrected chi connectivity index (χ2v) is 5.27. The number of amides is 1. The Bertz CT molecular complexity index is 618. The summed E-state index contributed by atoms with van der Waals surface area (Å²) in [4.78, 5) is 12.3. The first kappa shape index (κ1) is 13.7. The molecule has 2 heterocycles. The Hall–Kier alpha value is -2.28. The minimum atomic E-state index is 0.0855. The van der Waals surface area contributed by atoms with Crippen molar-refractivity contribution in [3.63, 3.8) is 0 Å². The van der Waals surface area contributed by atoms with Crippen LogP contribution < -0.4 is 10.6 Å². The van der Waals surface area contributed by atoms with E-state index >= 15 is 0 Å². The van der Waals surface area contributed by atoms with Gasteiger partial charge in [0.05, 0.1) is 5.69 Å². The lowest BCUT2D eigenvalue weighted by atomic mass is 9.97. The Morgan fingerprint density at radius 3 is 2.90 bits per heavy atom. The van der Waals surface area contributed by atoms with Crippen LogP contribution in [0.5, 0.6) is 0 Å². The third-order valence-corrected chi connectivity index (χ3v) is 3.80. The predicted octanol–water partition coefficient (Wildman–Crippen LogP) is 0.909. The summed E-state index contributed by atoms with van der Waals surface area (Å²) in [6.07, 6.45) is 3.30. The summed E-state index contributed by atoms with van der Waals surface area (Å²) < 4.78 is 1.57. The molecular formula is C14H18N6O. The van der Waals surface area contributed by atoms with Crippen molar-refractivity contribution in [2.75, 3.05) is 18.4 Å². The number of anilines is 1. The Morgan fingerprint density at radius 2 is 2.19 bits per heavy atom. The first-order valence-corrected chi connectivity index (χ1v) is 7.09. The van der Waals surface area contributed by atoms with Crippen LogP contribution in [0.15, 0.2) is 24.5 Å². The number of rotatable bonds is 3. The van der Waals surface area contributed by atoms with E-state index in [-0.39, 0.29) is 11.8 Å². The van der Waals surface area contributed by atoms with Crippen LogP contribution in [0.3, 0.4) is 0 Å². The van der Waals surface area contributed by atoms with Gasteiger partial charge in [0.2, 0.25) is 5.91 Å². The van der Waals surface area contributed by atoms with Crippen molar-refractivity contribution in [1.29, 1.82) is 0 Å². The quantitative estimate of drug-likeness (QED) is 0.876. The maximum Gasteiger partial charge on any atom is 0.227 e.